The maximum absolute atomic E-state index is 4.31. The molecule has 6 heteroatoms. The fraction of sp³-hybridized carbons (Fsp3) is 0.429. The van der Waals surface area contributed by atoms with Gasteiger partial charge in [-0.05, 0) is 44.0 Å². The second-order valence-electron chi connectivity index (χ2n) is 4.96. The molecule has 3 rings (SSSR count). The van der Waals surface area contributed by atoms with E-state index in [1.54, 1.807) is 11.3 Å². The molecular formula is C14H15Br2N3S. The van der Waals surface area contributed by atoms with Crippen LogP contribution in [0.4, 0.5) is 0 Å². The lowest BCUT2D eigenvalue weighted by molar-refractivity contribution is 0.643. The molecule has 1 aromatic heterocycles. The molecule has 0 aliphatic heterocycles. The molecule has 20 heavy (non-hydrogen) atoms. The Bertz CT molecular complexity index is 596. The number of benzene rings is 1. The topological polar surface area (TPSA) is 37.8 Å². The summed E-state index contributed by atoms with van der Waals surface area (Å²) in [5.74, 6) is 0. The highest BCUT2D eigenvalue weighted by atomic mass is 79.9. The summed E-state index contributed by atoms with van der Waals surface area (Å²) in [5, 5.41) is 14.2. The summed E-state index contributed by atoms with van der Waals surface area (Å²) in [7, 11) is 0. The molecule has 0 atom stereocenters. The van der Waals surface area contributed by atoms with Crippen molar-refractivity contribution in [2.45, 2.75) is 31.7 Å². The lowest BCUT2D eigenvalue weighted by atomic mass is 10.2. The Hall–Kier alpha value is -0.300. The van der Waals surface area contributed by atoms with E-state index in [1.807, 2.05) is 12.1 Å². The van der Waals surface area contributed by atoms with Gasteiger partial charge in [0, 0.05) is 27.0 Å². The fourth-order valence-corrected chi connectivity index (χ4v) is 3.80. The number of nitrogens with zero attached hydrogens (tertiary/aromatic N) is 2. The molecule has 1 N–H and O–H groups in total. The standard InChI is InChI=1S/C14H15Br2N3S/c15-9-3-6-12(16)11(8-9)14-19-18-13(20-14)2-1-7-17-10-4-5-10/h3,6,8,10,17H,1-2,4-5,7H2. The predicted octanol–water partition coefficient (Wildman–Crippen LogP) is 4.41. The van der Waals surface area contributed by atoms with Crippen molar-refractivity contribution in [3.63, 3.8) is 0 Å². The van der Waals surface area contributed by atoms with Crippen LogP contribution in [0, 0.1) is 0 Å². The van der Waals surface area contributed by atoms with Crippen molar-refractivity contribution in [2.75, 3.05) is 6.54 Å². The summed E-state index contributed by atoms with van der Waals surface area (Å²) in [6.45, 7) is 1.08. The maximum Gasteiger partial charge on any atom is 0.148 e. The van der Waals surface area contributed by atoms with E-state index in [0.717, 1.165) is 50.0 Å². The van der Waals surface area contributed by atoms with Crippen LogP contribution in [0.3, 0.4) is 0 Å². The zero-order valence-electron chi connectivity index (χ0n) is 10.9. The Balaban J connectivity index is 1.61. The normalized spacial score (nSPS) is 14.7. The second-order valence-corrected chi connectivity index (χ2v) is 7.79. The highest BCUT2D eigenvalue weighted by Gasteiger charge is 2.19. The highest BCUT2D eigenvalue weighted by molar-refractivity contribution is 9.11. The van der Waals surface area contributed by atoms with Crippen molar-refractivity contribution in [1.82, 2.24) is 15.5 Å². The van der Waals surface area contributed by atoms with Crippen LogP contribution in [-0.4, -0.2) is 22.8 Å². The van der Waals surface area contributed by atoms with Crippen LogP contribution in [0.5, 0.6) is 0 Å². The number of halogens is 2. The van der Waals surface area contributed by atoms with Gasteiger partial charge < -0.3 is 5.32 Å². The van der Waals surface area contributed by atoms with Crippen molar-refractivity contribution in [2.24, 2.45) is 0 Å². The number of hydrogen-bond acceptors (Lipinski definition) is 4. The van der Waals surface area contributed by atoms with Gasteiger partial charge in [-0.15, -0.1) is 10.2 Å². The van der Waals surface area contributed by atoms with Gasteiger partial charge in [-0.1, -0.05) is 43.2 Å². The third kappa shape index (κ3) is 3.87. The van der Waals surface area contributed by atoms with Crippen molar-refractivity contribution < 1.29 is 0 Å². The summed E-state index contributed by atoms with van der Waals surface area (Å²) in [4.78, 5) is 0. The lowest BCUT2D eigenvalue weighted by Gasteiger charge is -2.00. The summed E-state index contributed by atoms with van der Waals surface area (Å²) in [6.07, 6.45) is 4.83. The molecule has 0 radical (unpaired) electrons. The number of aryl methyl sites for hydroxylation is 1. The van der Waals surface area contributed by atoms with Crippen molar-refractivity contribution in [1.29, 1.82) is 0 Å². The molecule has 0 spiro atoms. The Labute approximate surface area is 139 Å². The SMILES string of the molecule is Brc1ccc(Br)c(-c2nnc(CCCNC3CC3)s2)c1. The Morgan fingerprint density at radius 3 is 2.90 bits per heavy atom. The predicted molar refractivity (Wildman–Crippen MR) is 90.1 cm³/mol. The maximum atomic E-state index is 4.31. The van der Waals surface area contributed by atoms with E-state index in [-0.39, 0.29) is 0 Å². The van der Waals surface area contributed by atoms with Crippen molar-refractivity contribution in [3.05, 3.63) is 32.2 Å². The molecule has 0 bridgehead atoms. The highest BCUT2D eigenvalue weighted by Crippen LogP contribution is 2.33. The van der Waals surface area contributed by atoms with Gasteiger partial charge in [-0.3, -0.25) is 0 Å². The molecule has 1 aromatic carbocycles. The molecule has 106 valence electrons. The third-order valence-corrected chi connectivity index (χ3v) is 5.40. The van der Waals surface area contributed by atoms with E-state index in [0.29, 0.717) is 0 Å². The first-order valence-electron chi connectivity index (χ1n) is 6.73. The average Bonchev–Trinajstić information content (AvgIpc) is 3.15. The van der Waals surface area contributed by atoms with Crippen LogP contribution in [0.1, 0.15) is 24.3 Å². The van der Waals surface area contributed by atoms with Gasteiger partial charge in [0.2, 0.25) is 0 Å². The number of nitrogens with one attached hydrogen (secondary N) is 1. The minimum atomic E-state index is 0.789. The number of hydrogen-bond donors (Lipinski definition) is 1. The van der Waals surface area contributed by atoms with Crippen LogP contribution < -0.4 is 5.32 Å². The van der Waals surface area contributed by atoms with E-state index >= 15 is 0 Å². The Kier molecular flexibility index (Phi) is 4.86. The first-order chi connectivity index (χ1) is 9.72. The summed E-state index contributed by atoms with van der Waals surface area (Å²) in [6, 6.07) is 6.90. The van der Waals surface area contributed by atoms with Gasteiger partial charge in [0.15, 0.2) is 0 Å². The van der Waals surface area contributed by atoms with E-state index in [1.165, 1.54) is 12.8 Å². The number of rotatable bonds is 6. The molecule has 3 nitrogen and oxygen atoms in total. The zero-order valence-corrected chi connectivity index (χ0v) is 14.9. The summed E-state index contributed by atoms with van der Waals surface area (Å²) >= 11 is 8.75. The monoisotopic (exact) mass is 415 g/mol. The molecule has 2 aromatic rings. The van der Waals surface area contributed by atoms with Crippen LogP contribution in [0.25, 0.3) is 10.6 Å². The average molecular weight is 417 g/mol. The van der Waals surface area contributed by atoms with Crippen LogP contribution >= 0.6 is 43.2 Å². The molecule has 0 unspecified atom stereocenters. The number of aromatic nitrogens is 2. The summed E-state index contributed by atoms with van der Waals surface area (Å²) in [5.41, 5.74) is 1.10. The Morgan fingerprint density at radius 1 is 1.25 bits per heavy atom. The lowest BCUT2D eigenvalue weighted by Crippen LogP contribution is -2.17. The molecule has 0 amide bonds. The molecule has 1 saturated carbocycles. The van der Waals surface area contributed by atoms with Crippen molar-refractivity contribution in [3.8, 4) is 10.6 Å². The van der Waals surface area contributed by atoms with Gasteiger partial charge in [0.05, 0.1) is 0 Å². The van der Waals surface area contributed by atoms with Crippen LogP contribution in [-0.2, 0) is 6.42 Å². The first-order valence-corrected chi connectivity index (χ1v) is 9.14. The molecule has 0 saturated heterocycles. The zero-order chi connectivity index (χ0) is 13.9. The molecule has 1 aliphatic carbocycles. The molecular weight excluding hydrogens is 402 g/mol. The van der Waals surface area contributed by atoms with E-state index in [2.05, 4.69) is 53.4 Å². The largest absolute Gasteiger partial charge is 0.314 e. The van der Waals surface area contributed by atoms with Crippen LogP contribution in [0.15, 0.2) is 27.1 Å². The Morgan fingerprint density at radius 2 is 2.10 bits per heavy atom. The van der Waals surface area contributed by atoms with Crippen molar-refractivity contribution >= 4 is 43.2 Å². The quantitative estimate of drug-likeness (QED) is 0.708. The molecule has 1 aliphatic rings. The minimum Gasteiger partial charge on any atom is -0.314 e. The van der Waals surface area contributed by atoms with Gasteiger partial charge in [-0.2, -0.15) is 0 Å². The van der Waals surface area contributed by atoms with E-state index < -0.39 is 0 Å². The molecule has 1 heterocycles. The van der Waals surface area contributed by atoms with Gasteiger partial charge in [0.25, 0.3) is 0 Å². The fourth-order valence-electron chi connectivity index (χ4n) is 1.96. The third-order valence-electron chi connectivity index (χ3n) is 3.20. The van der Waals surface area contributed by atoms with Gasteiger partial charge in [0.1, 0.15) is 10.0 Å². The molecule has 1 fully saturated rings. The van der Waals surface area contributed by atoms with E-state index in [9.17, 15) is 0 Å². The second kappa shape index (κ2) is 6.64. The van der Waals surface area contributed by atoms with Gasteiger partial charge >= 0.3 is 0 Å². The smallest absolute Gasteiger partial charge is 0.148 e. The first kappa shape index (κ1) is 14.6. The summed E-state index contributed by atoms with van der Waals surface area (Å²) < 4.78 is 2.11. The van der Waals surface area contributed by atoms with E-state index in [4.69, 9.17) is 0 Å². The van der Waals surface area contributed by atoms with Crippen LogP contribution in [0.2, 0.25) is 0 Å². The van der Waals surface area contributed by atoms with Gasteiger partial charge in [-0.25, -0.2) is 0 Å². The minimum absolute atomic E-state index is 0.789.